The Morgan fingerprint density at radius 1 is 1.11 bits per heavy atom. The van der Waals surface area contributed by atoms with Crippen LogP contribution < -0.4 is 11.1 Å². The lowest BCUT2D eigenvalue weighted by Crippen LogP contribution is -2.38. The maximum Gasteiger partial charge on any atom is 0.338 e. The summed E-state index contributed by atoms with van der Waals surface area (Å²) in [5.41, 5.74) is 10.7. The third-order valence-corrected chi connectivity index (χ3v) is 4.83. The van der Waals surface area contributed by atoms with Gasteiger partial charge in [0.2, 0.25) is 0 Å². The highest BCUT2D eigenvalue weighted by molar-refractivity contribution is 6.03. The molecule has 0 unspecified atom stereocenters. The number of anilines is 1. The Bertz CT molecular complexity index is 1020. The van der Waals surface area contributed by atoms with Gasteiger partial charge in [-0.25, -0.2) is 4.79 Å². The highest BCUT2D eigenvalue weighted by atomic mass is 16.5. The van der Waals surface area contributed by atoms with Crippen LogP contribution in [0.25, 0.3) is 21.9 Å². The molecule has 27 heavy (non-hydrogen) atoms. The number of esters is 1. The van der Waals surface area contributed by atoms with Crippen LogP contribution in [0.1, 0.15) is 29.8 Å². The molecule has 0 bridgehead atoms. The monoisotopic (exact) mass is 360 g/mol. The number of carbonyl (C=O) groups is 1. The Kier molecular flexibility index (Phi) is 4.36. The van der Waals surface area contributed by atoms with Crippen LogP contribution in [0, 0.1) is 0 Å². The van der Waals surface area contributed by atoms with Gasteiger partial charge in [-0.3, -0.25) is 0 Å². The van der Waals surface area contributed by atoms with Crippen LogP contribution in [0.3, 0.4) is 0 Å². The smallest absolute Gasteiger partial charge is 0.338 e. The van der Waals surface area contributed by atoms with Crippen molar-refractivity contribution in [1.82, 2.24) is 0 Å². The molecule has 3 aromatic carbocycles. The van der Waals surface area contributed by atoms with E-state index in [1.807, 2.05) is 32.0 Å². The first-order valence-corrected chi connectivity index (χ1v) is 9.27. The van der Waals surface area contributed by atoms with Crippen molar-refractivity contribution in [2.45, 2.75) is 25.8 Å². The second kappa shape index (κ2) is 6.71. The van der Waals surface area contributed by atoms with E-state index in [-0.39, 0.29) is 12.6 Å². The minimum absolute atomic E-state index is 0.182. The highest BCUT2D eigenvalue weighted by Gasteiger charge is 2.18. The van der Waals surface area contributed by atoms with Gasteiger partial charge in [-0.2, -0.15) is 0 Å². The van der Waals surface area contributed by atoms with E-state index in [1.54, 1.807) is 0 Å². The van der Waals surface area contributed by atoms with Gasteiger partial charge in [0, 0.05) is 23.3 Å². The zero-order valence-electron chi connectivity index (χ0n) is 15.7. The summed E-state index contributed by atoms with van der Waals surface area (Å²) in [6.07, 6.45) is 1.04. The predicted molar refractivity (Wildman–Crippen MR) is 110 cm³/mol. The first-order valence-electron chi connectivity index (χ1n) is 9.27. The summed E-state index contributed by atoms with van der Waals surface area (Å²) in [5, 5.41) is 5.64. The SMILES string of the molecule is CC(C)(N)COC(=O)c1ccc2cccc(-c3cccc4c3NCC4)c2c1. The molecule has 4 nitrogen and oxygen atoms in total. The summed E-state index contributed by atoms with van der Waals surface area (Å²) in [6.45, 7) is 4.81. The number of rotatable bonds is 4. The molecule has 1 heterocycles. The van der Waals surface area contributed by atoms with Crippen molar-refractivity contribution >= 4 is 22.4 Å². The van der Waals surface area contributed by atoms with Gasteiger partial charge < -0.3 is 15.8 Å². The van der Waals surface area contributed by atoms with Crippen molar-refractivity contribution in [3.8, 4) is 11.1 Å². The molecule has 3 aromatic rings. The Morgan fingerprint density at radius 3 is 2.70 bits per heavy atom. The molecule has 4 rings (SSSR count). The van der Waals surface area contributed by atoms with Gasteiger partial charge in [0.05, 0.1) is 5.56 Å². The van der Waals surface area contributed by atoms with Gasteiger partial charge in [0.15, 0.2) is 0 Å². The largest absolute Gasteiger partial charge is 0.460 e. The fourth-order valence-electron chi connectivity index (χ4n) is 3.53. The average molecular weight is 360 g/mol. The molecule has 3 N–H and O–H groups in total. The summed E-state index contributed by atoms with van der Waals surface area (Å²) in [4.78, 5) is 12.5. The fourth-order valence-corrected chi connectivity index (χ4v) is 3.53. The third kappa shape index (κ3) is 3.53. The molecule has 0 radical (unpaired) electrons. The Hall–Kier alpha value is -2.85. The summed E-state index contributed by atoms with van der Waals surface area (Å²) >= 11 is 0. The van der Waals surface area contributed by atoms with Crippen molar-refractivity contribution in [1.29, 1.82) is 0 Å². The van der Waals surface area contributed by atoms with Crippen LogP contribution in [0.5, 0.6) is 0 Å². The molecule has 1 aliphatic rings. The zero-order chi connectivity index (χ0) is 19.0. The average Bonchev–Trinajstić information content (AvgIpc) is 3.13. The zero-order valence-corrected chi connectivity index (χ0v) is 15.7. The van der Waals surface area contributed by atoms with E-state index in [1.165, 1.54) is 16.8 Å². The molecular weight excluding hydrogens is 336 g/mol. The van der Waals surface area contributed by atoms with Gasteiger partial charge in [0.1, 0.15) is 6.61 Å². The van der Waals surface area contributed by atoms with E-state index in [4.69, 9.17) is 10.5 Å². The highest BCUT2D eigenvalue weighted by Crippen LogP contribution is 2.38. The van der Waals surface area contributed by atoms with E-state index in [0.717, 1.165) is 29.3 Å². The van der Waals surface area contributed by atoms with Crippen molar-refractivity contribution in [2.24, 2.45) is 5.73 Å². The Labute approximate surface area is 159 Å². The van der Waals surface area contributed by atoms with Gasteiger partial charge in [-0.15, -0.1) is 0 Å². The molecule has 1 aliphatic heterocycles. The fraction of sp³-hybridized carbons (Fsp3) is 0.261. The van der Waals surface area contributed by atoms with Crippen molar-refractivity contribution in [3.63, 3.8) is 0 Å². The minimum atomic E-state index is -0.548. The van der Waals surface area contributed by atoms with E-state index < -0.39 is 5.54 Å². The Balaban J connectivity index is 1.77. The number of nitrogens with two attached hydrogens (primary N) is 1. The van der Waals surface area contributed by atoms with Gasteiger partial charge >= 0.3 is 5.97 Å². The van der Waals surface area contributed by atoms with Gasteiger partial charge in [-0.05, 0) is 54.3 Å². The number of para-hydroxylation sites is 1. The molecular formula is C23H24N2O2. The van der Waals surface area contributed by atoms with Crippen LogP contribution in [0.15, 0.2) is 54.6 Å². The lowest BCUT2D eigenvalue weighted by atomic mass is 9.94. The van der Waals surface area contributed by atoms with Crippen LogP contribution in [0.2, 0.25) is 0 Å². The summed E-state index contributed by atoms with van der Waals surface area (Å²) in [5.74, 6) is -0.346. The second-order valence-corrected chi connectivity index (χ2v) is 7.82. The number of nitrogens with one attached hydrogen (secondary N) is 1. The normalized spacial score (nSPS) is 13.3. The molecule has 0 fully saturated rings. The molecule has 4 heteroatoms. The van der Waals surface area contributed by atoms with E-state index >= 15 is 0 Å². The topological polar surface area (TPSA) is 64.3 Å². The first-order chi connectivity index (χ1) is 12.9. The number of fused-ring (bicyclic) bond motifs is 2. The number of benzene rings is 3. The van der Waals surface area contributed by atoms with Crippen molar-refractivity contribution in [3.05, 3.63) is 65.7 Å². The molecule has 0 amide bonds. The minimum Gasteiger partial charge on any atom is -0.460 e. The van der Waals surface area contributed by atoms with E-state index in [9.17, 15) is 4.79 Å². The second-order valence-electron chi connectivity index (χ2n) is 7.82. The maximum atomic E-state index is 12.5. The van der Waals surface area contributed by atoms with E-state index in [2.05, 4.69) is 41.7 Å². The Morgan fingerprint density at radius 2 is 1.89 bits per heavy atom. The predicted octanol–water partition coefficient (Wildman–Crippen LogP) is 4.37. The lowest BCUT2D eigenvalue weighted by molar-refractivity contribution is 0.0433. The number of hydrogen-bond donors (Lipinski definition) is 2. The van der Waals surface area contributed by atoms with Gasteiger partial charge in [-0.1, -0.05) is 42.5 Å². The molecule has 0 saturated heterocycles. The number of carbonyl (C=O) groups excluding carboxylic acids is 1. The molecule has 0 atom stereocenters. The number of ether oxygens (including phenoxy) is 1. The van der Waals surface area contributed by atoms with Crippen LogP contribution >= 0.6 is 0 Å². The molecule has 138 valence electrons. The maximum absolute atomic E-state index is 12.5. The number of hydrogen-bond acceptors (Lipinski definition) is 4. The molecule has 0 aromatic heterocycles. The quantitative estimate of drug-likeness (QED) is 0.678. The third-order valence-electron chi connectivity index (χ3n) is 4.83. The lowest BCUT2D eigenvalue weighted by Gasteiger charge is -2.18. The summed E-state index contributed by atoms with van der Waals surface area (Å²) in [7, 11) is 0. The van der Waals surface area contributed by atoms with Crippen LogP contribution in [0.4, 0.5) is 5.69 Å². The molecule has 0 aliphatic carbocycles. The summed E-state index contributed by atoms with van der Waals surface area (Å²) in [6, 6.07) is 18.3. The van der Waals surface area contributed by atoms with Crippen molar-refractivity contribution in [2.75, 3.05) is 18.5 Å². The molecule has 0 saturated carbocycles. The molecule has 0 spiro atoms. The first kappa shape index (κ1) is 17.6. The van der Waals surface area contributed by atoms with E-state index in [0.29, 0.717) is 5.56 Å². The van der Waals surface area contributed by atoms with Crippen molar-refractivity contribution < 1.29 is 9.53 Å². The van der Waals surface area contributed by atoms with Gasteiger partial charge in [0.25, 0.3) is 0 Å². The summed E-state index contributed by atoms with van der Waals surface area (Å²) < 4.78 is 5.38. The van der Waals surface area contributed by atoms with Crippen LogP contribution in [-0.2, 0) is 11.2 Å². The standard InChI is InChI=1S/C23H24N2O2/c1-23(2,24)14-27-22(26)17-10-9-15-5-3-7-18(20(15)13-17)19-8-4-6-16-11-12-25-21(16)19/h3-10,13,25H,11-12,14,24H2,1-2H3. The van der Waals surface area contributed by atoms with Crippen LogP contribution in [-0.4, -0.2) is 24.7 Å².